The molecule has 2 atom stereocenters. The van der Waals surface area contributed by atoms with Gasteiger partial charge in [0.15, 0.2) is 6.10 Å². The third kappa shape index (κ3) is 2.47. The van der Waals surface area contributed by atoms with Gasteiger partial charge in [0.2, 0.25) is 0 Å². The summed E-state index contributed by atoms with van der Waals surface area (Å²) in [6, 6.07) is 19.4. The van der Waals surface area contributed by atoms with Crippen LogP contribution in [0.15, 0.2) is 79.2 Å². The van der Waals surface area contributed by atoms with Crippen LogP contribution < -0.4 is 0 Å². The summed E-state index contributed by atoms with van der Waals surface area (Å²) in [6.07, 6.45) is 0.822. The Labute approximate surface area is 123 Å². The minimum absolute atomic E-state index is 0.213. The third-order valence-corrected chi connectivity index (χ3v) is 3.52. The Hall–Kier alpha value is -2.77. The van der Waals surface area contributed by atoms with E-state index in [0.717, 1.165) is 11.1 Å². The Morgan fingerprint density at radius 3 is 2.14 bits per heavy atom. The summed E-state index contributed by atoms with van der Waals surface area (Å²) in [5, 5.41) is 0. The SMILES string of the molecule is C=C=CN1C(=O)O[C@@H](c2ccccc2)[C@H]1c1ccccc1. The molecule has 1 saturated heterocycles. The molecule has 3 heteroatoms. The standard InChI is InChI=1S/C18H15NO2/c1-2-13-19-16(14-9-5-3-6-10-14)17(21-18(19)20)15-11-7-4-8-12-15/h3-13,16-17H,1H2/t16-,17+/m1/s1. The zero-order valence-corrected chi connectivity index (χ0v) is 11.5. The van der Waals surface area contributed by atoms with Gasteiger partial charge < -0.3 is 4.74 Å². The van der Waals surface area contributed by atoms with Crippen LogP contribution in [0.25, 0.3) is 0 Å². The highest BCUT2D eigenvalue weighted by Crippen LogP contribution is 2.42. The number of hydrogen-bond acceptors (Lipinski definition) is 2. The first kappa shape index (κ1) is 13.2. The van der Waals surface area contributed by atoms with E-state index in [9.17, 15) is 4.79 Å². The number of ether oxygens (including phenoxy) is 1. The van der Waals surface area contributed by atoms with E-state index < -0.39 is 0 Å². The molecular weight excluding hydrogens is 262 g/mol. The molecule has 1 fully saturated rings. The quantitative estimate of drug-likeness (QED) is 0.786. The largest absolute Gasteiger partial charge is 0.438 e. The highest BCUT2D eigenvalue weighted by Gasteiger charge is 2.42. The molecule has 0 saturated carbocycles. The van der Waals surface area contributed by atoms with Crippen LogP contribution in [-0.2, 0) is 4.74 Å². The number of hydrogen-bond donors (Lipinski definition) is 0. The van der Waals surface area contributed by atoms with Crippen molar-refractivity contribution in [3.63, 3.8) is 0 Å². The third-order valence-electron chi connectivity index (χ3n) is 3.52. The Bertz CT molecular complexity index is 675. The molecule has 0 aliphatic carbocycles. The zero-order chi connectivity index (χ0) is 14.7. The number of benzene rings is 2. The predicted octanol–water partition coefficient (Wildman–Crippen LogP) is 4.22. The fourth-order valence-electron chi connectivity index (χ4n) is 2.60. The summed E-state index contributed by atoms with van der Waals surface area (Å²) in [5.74, 6) is 0. The summed E-state index contributed by atoms with van der Waals surface area (Å²) in [4.78, 5) is 13.7. The van der Waals surface area contributed by atoms with Gasteiger partial charge in [-0.15, -0.1) is 5.73 Å². The first-order chi connectivity index (χ1) is 10.3. The van der Waals surface area contributed by atoms with Crippen LogP contribution in [0.2, 0.25) is 0 Å². The van der Waals surface area contributed by atoms with Crippen molar-refractivity contribution < 1.29 is 9.53 Å². The van der Waals surface area contributed by atoms with Crippen molar-refractivity contribution in [1.82, 2.24) is 4.90 Å². The number of cyclic esters (lactones) is 1. The second-order valence-corrected chi connectivity index (χ2v) is 4.81. The molecule has 0 spiro atoms. The lowest BCUT2D eigenvalue weighted by atomic mass is 9.96. The number of nitrogens with zero attached hydrogens (tertiary/aromatic N) is 1. The normalized spacial score (nSPS) is 20.8. The summed E-state index contributed by atoms with van der Waals surface area (Å²) in [7, 11) is 0. The van der Waals surface area contributed by atoms with Crippen LogP contribution >= 0.6 is 0 Å². The maximum Gasteiger partial charge on any atom is 0.415 e. The number of carbonyl (C=O) groups is 1. The second-order valence-electron chi connectivity index (χ2n) is 4.81. The highest BCUT2D eigenvalue weighted by atomic mass is 16.6. The highest BCUT2D eigenvalue weighted by molar-refractivity contribution is 5.73. The van der Waals surface area contributed by atoms with E-state index in [1.807, 2.05) is 60.7 Å². The molecule has 1 heterocycles. The molecule has 0 N–H and O–H groups in total. The Kier molecular flexibility index (Phi) is 3.59. The van der Waals surface area contributed by atoms with E-state index in [2.05, 4.69) is 12.3 Å². The average molecular weight is 277 g/mol. The molecule has 0 bridgehead atoms. The molecule has 21 heavy (non-hydrogen) atoms. The van der Waals surface area contributed by atoms with E-state index in [1.54, 1.807) is 11.1 Å². The molecule has 1 aliphatic rings. The van der Waals surface area contributed by atoms with Gasteiger partial charge in [0.05, 0.1) is 6.20 Å². The lowest BCUT2D eigenvalue weighted by Crippen LogP contribution is -2.22. The fraction of sp³-hybridized carbons (Fsp3) is 0.111. The molecule has 0 aromatic heterocycles. The molecule has 3 rings (SSSR count). The monoisotopic (exact) mass is 277 g/mol. The van der Waals surface area contributed by atoms with Gasteiger partial charge in [-0.05, 0) is 11.1 Å². The number of amides is 1. The smallest absolute Gasteiger partial charge is 0.415 e. The van der Waals surface area contributed by atoms with Gasteiger partial charge in [-0.2, -0.15) is 0 Å². The lowest BCUT2D eigenvalue weighted by molar-refractivity contribution is 0.131. The van der Waals surface area contributed by atoms with E-state index in [-0.39, 0.29) is 18.2 Å². The molecular formula is C18H15NO2. The van der Waals surface area contributed by atoms with Crippen LogP contribution in [0.3, 0.4) is 0 Å². The Morgan fingerprint density at radius 2 is 1.57 bits per heavy atom. The van der Waals surface area contributed by atoms with Gasteiger partial charge in [-0.3, -0.25) is 4.90 Å². The minimum Gasteiger partial charge on any atom is -0.438 e. The summed E-state index contributed by atoms with van der Waals surface area (Å²) >= 11 is 0. The van der Waals surface area contributed by atoms with Gasteiger partial charge >= 0.3 is 6.09 Å². The summed E-state index contributed by atoms with van der Waals surface area (Å²) in [5.41, 5.74) is 4.65. The van der Waals surface area contributed by atoms with E-state index >= 15 is 0 Å². The molecule has 2 aromatic carbocycles. The Morgan fingerprint density at radius 1 is 1.00 bits per heavy atom. The van der Waals surface area contributed by atoms with E-state index in [0.29, 0.717) is 0 Å². The van der Waals surface area contributed by atoms with Gasteiger partial charge in [-0.25, -0.2) is 4.79 Å². The van der Waals surface area contributed by atoms with Crippen LogP contribution in [0.5, 0.6) is 0 Å². The molecule has 3 nitrogen and oxygen atoms in total. The van der Waals surface area contributed by atoms with Crippen molar-refractivity contribution in [2.24, 2.45) is 0 Å². The van der Waals surface area contributed by atoms with Crippen molar-refractivity contribution in [2.75, 3.05) is 0 Å². The lowest BCUT2D eigenvalue weighted by Gasteiger charge is -2.22. The molecule has 1 amide bonds. The summed E-state index contributed by atoms with van der Waals surface area (Å²) < 4.78 is 5.57. The van der Waals surface area contributed by atoms with Crippen molar-refractivity contribution in [2.45, 2.75) is 12.1 Å². The van der Waals surface area contributed by atoms with Crippen molar-refractivity contribution in [3.8, 4) is 0 Å². The molecule has 2 aromatic rings. The van der Waals surface area contributed by atoms with Gasteiger partial charge in [0.25, 0.3) is 0 Å². The second kappa shape index (κ2) is 5.70. The minimum atomic E-state index is -0.381. The van der Waals surface area contributed by atoms with E-state index in [4.69, 9.17) is 4.74 Å². The molecule has 1 aliphatic heterocycles. The van der Waals surface area contributed by atoms with E-state index in [1.165, 1.54) is 0 Å². The average Bonchev–Trinajstić information content (AvgIpc) is 2.86. The van der Waals surface area contributed by atoms with Crippen LogP contribution in [0.1, 0.15) is 23.3 Å². The number of rotatable bonds is 3. The maximum absolute atomic E-state index is 12.1. The van der Waals surface area contributed by atoms with Crippen LogP contribution in [-0.4, -0.2) is 11.0 Å². The summed E-state index contributed by atoms with van der Waals surface area (Å²) in [6.45, 7) is 3.55. The van der Waals surface area contributed by atoms with Crippen LogP contribution in [0, 0.1) is 0 Å². The number of carbonyl (C=O) groups excluding carboxylic acids is 1. The maximum atomic E-state index is 12.1. The van der Waals surface area contributed by atoms with Gasteiger partial charge in [-0.1, -0.05) is 67.2 Å². The molecule has 0 radical (unpaired) electrons. The van der Waals surface area contributed by atoms with Crippen molar-refractivity contribution in [3.05, 3.63) is 90.3 Å². The predicted molar refractivity (Wildman–Crippen MR) is 80.4 cm³/mol. The Balaban J connectivity index is 2.07. The van der Waals surface area contributed by atoms with Gasteiger partial charge in [0.1, 0.15) is 6.04 Å². The van der Waals surface area contributed by atoms with Crippen molar-refractivity contribution in [1.29, 1.82) is 0 Å². The molecule has 0 unspecified atom stereocenters. The van der Waals surface area contributed by atoms with Crippen LogP contribution in [0.4, 0.5) is 4.79 Å². The first-order valence-corrected chi connectivity index (χ1v) is 6.76. The molecule has 104 valence electrons. The topological polar surface area (TPSA) is 29.5 Å². The first-order valence-electron chi connectivity index (χ1n) is 6.76. The fourth-order valence-corrected chi connectivity index (χ4v) is 2.60. The van der Waals surface area contributed by atoms with Crippen molar-refractivity contribution >= 4 is 6.09 Å². The zero-order valence-electron chi connectivity index (χ0n) is 11.5. The van der Waals surface area contributed by atoms with Gasteiger partial charge in [0, 0.05) is 0 Å².